The molecule has 20 heteroatoms. The van der Waals surface area contributed by atoms with Crippen molar-refractivity contribution in [2.75, 3.05) is 94.8 Å². The molecule has 0 aliphatic carbocycles. The second kappa shape index (κ2) is 20.0. The molecule has 4 aromatic rings. The number of hydrogen-bond acceptors (Lipinski definition) is 14. The zero-order chi connectivity index (χ0) is 46.6. The van der Waals surface area contributed by atoms with Crippen LogP contribution in [0.1, 0.15) is 60.7 Å². The van der Waals surface area contributed by atoms with Gasteiger partial charge in [0.1, 0.15) is 28.9 Å². The van der Waals surface area contributed by atoms with E-state index in [1.807, 2.05) is 4.90 Å². The molecule has 3 aliphatic heterocycles. The summed E-state index contributed by atoms with van der Waals surface area (Å²) in [5, 5.41) is 19.1. The Hall–Kier alpha value is -6.02. The number of nitrogens with one attached hydrogen (secondary N) is 3. The van der Waals surface area contributed by atoms with Gasteiger partial charge in [-0.2, -0.15) is 4.98 Å². The first-order chi connectivity index (χ1) is 31.0. The molecule has 3 aromatic carbocycles. The van der Waals surface area contributed by atoms with Crippen LogP contribution in [0.25, 0.3) is 22.0 Å². The topological polar surface area (TPSA) is 199 Å². The summed E-state index contributed by atoms with van der Waals surface area (Å²) in [6, 6.07) is 8.93. The van der Waals surface area contributed by atoms with Crippen molar-refractivity contribution in [1.29, 1.82) is 0 Å². The molecule has 1 atom stereocenters. The minimum Gasteiger partial charge on any atom is -0.507 e. The quantitative estimate of drug-likeness (QED) is 0.0843. The van der Waals surface area contributed by atoms with Crippen LogP contribution in [0, 0.1) is 11.6 Å². The molecule has 3 aliphatic rings. The lowest BCUT2D eigenvalue weighted by atomic mass is 10.0. The third-order valence-electron chi connectivity index (χ3n) is 11.7. The first kappa shape index (κ1) is 47.0. The largest absolute Gasteiger partial charge is 0.507 e. The number of aromatic hydroxyl groups is 1. The third-order valence-corrected chi connectivity index (χ3v) is 12.0. The molecule has 2 saturated heterocycles. The summed E-state index contributed by atoms with van der Waals surface area (Å²) in [6.45, 7) is 10.8. The number of amides is 5. The number of fused-ring (bicyclic) bond motifs is 2. The average Bonchev–Trinajstić information content (AvgIpc) is 3.52. The first-order valence-corrected chi connectivity index (χ1v) is 21.8. The van der Waals surface area contributed by atoms with E-state index in [0.717, 1.165) is 24.1 Å². The average molecular weight is 920 g/mol. The summed E-state index contributed by atoms with van der Waals surface area (Å²) < 4.78 is 42.8. The van der Waals surface area contributed by atoms with Crippen LogP contribution in [-0.2, 0) is 23.9 Å². The minimum atomic E-state index is -1.06. The third kappa shape index (κ3) is 10.3. The number of nitrogens with zero attached hydrogens (tertiary/aromatic N) is 6. The molecular weight excluding hydrogens is 868 g/mol. The fraction of sp³-hybridized carbons (Fsp3) is 0.444. The van der Waals surface area contributed by atoms with Gasteiger partial charge in [-0.1, -0.05) is 23.7 Å². The minimum absolute atomic E-state index is 0.0324. The van der Waals surface area contributed by atoms with Gasteiger partial charge in [0.15, 0.2) is 5.82 Å². The highest BCUT2D eigenvalue weighted by Crippen LogP contribution is 2.43. The van der Waals surface area contributed by atoms with Crippen LogP contribution >= 0.6 is 11.6 Å². The van der Waals surface area contributed by atoms with Crippen LogP contribution in [-0.4, -0.2) is 150 Å². The lowest BCUT2D eigenvalue weighted by molar-refractivity contribution is -0.136. The second-order valence-electron chi connectivity index (χ2n) is 16.9. The van der Waals surface area contributed by atoms with E-state index < -0.39 is 47.1 Å². The molecule has 0 spiro atoms. The highest BCUT2D eigenvalue weighted by molar-refractivity contribution is 6.34. The summed E-state index contributed by atoms with van der Waals surface area (Å²) >= 11 is 6.61. The number of imide groups is 2. The van der Waals surface area contributed by atoms with Gasteiger partial charge in [0.2, 0.25) is 23.7 Å². The Kier molecular flexibility index (Phi) is 14.5. The number of benzene rings is 3. The molecule has 0 saturated carbocycles. The van der Waals surface area contributed by atoms with Crippen molar-refractivity contribution < 1.29 is 47.3 Å². The lowest BCUT2D eigenvalue weighted by Gasteiger charge is -2.42. The van der Waals surface area contributed by atoms with Crippen molar-refractivity contribution in [3.8, 4) is 16.9 Å². The Morgan fingerprint density at radius 1 is 0.923 bits per heavy atom. The van der Waals surface area contributed by atoms with Gasteiger partial charge in [0.05, 0.1) is 48.1 Å². The van der Waals surface area contributed by atoms with Crippen molar-refractivity contribution in [2.24, 2.45) is 0 Å². The van der Waals surface area contributed by atoms with Crippen molar-refractivity contribution in [2.45, 2.75) is 51.6 Å². The zero-order valence-electron chi connectivity index (χ0n) is 36.6. The van der Waals surface area contributed by atoms with E-state index >= 15 is 4.39 Å². The number of phenolic OH excluding ortho intramolecular Hbond substituents is 1. The van der Waals surface area contributed by atoms with E-state index in [4.69, 9.17) is 26.1 Å². The Bertz CT molecular complexity index is 2480. The molecule has 4 N–H and O–H groups in total. The number of anilines is 3. The predicted octanol–water partition coefficient (Wildman–Crippen LogP) is 4.66. The Morgan fingerprint density at radius 2 is 1.65 bits per heavy atom. The van der Waals surface area contributed by atoms with Gasteiger partial charge in [-0.05, 0) is 57.5 Å². The SMILES string of the molecule is CN(CCOCCOCCNc1cccc2c1C(=O)N(C1CCC(=O)NC1=O)C2=O)C(=O)CCNc1nc(N2CCN(C(C)(C)C)CC2)c2cc(Cl)c(-c3c(O)cccc3F)c(F)c2n1. The number of carbonyl (C=O) groups is 5. The molecule has 5 amide bonds. The Labute approximate surface area is 379 Å². The zero-order valence-corrected chi connectivity index (χ0v) is 37.4. The summed E-state index contributed by atoms with van der Waals surface area (Å²) in [7, 11) is 1.65. The number of likely N-dealkylation sites (N-methyl/N-ethyl adjacent to an activating group) is 1. The van der Waals surface area contributed by atoms with E-state index in [1.54, 1.807) is 19.2 Å². The van der Waals surface area contributed by atoms with Crippen molar-refractivity contribution in [3.63, 3.8) is 0 Å². The number of halogens is 3. The van der Waals surface area contributed by atoms with E-state index in [0.29, 0.717) is 43.1 Å². The number of hydrogen-bond donors (Lipinski definition) is 4. The lowest BCUT2D eigenvalue weighted by Crippen LogP contribution is -2.54. The van der Waals surface area contributed by atoms with Crippen molar-refractivity contribution in [3.05, 3.63) is 70.2 Å². The summed E-state index contributed by atoms with van der Waals surface area (Å²) in [4.78, 5) is 79.4. The van der Waals surface area contributed by atoms with E-state index in [-0.39, 0.29) is 102 Å². The second-order valence-corrected chi connectivity index (χ2v) is 17.3. The Balaban J connectivity index is 0.876. The number of carbonyl (C=O) groups excluding carboxylic acids is 5. The number of aromatic nitrogens is 2. The summed E-state index contributed by atoms with van der Waals surface area (Å²) in [5.74, 6) is -4.23. The Morgan fingerprint density at radius 3 is 2.35 bits per heavy atom. The maximum atomic E-state index is 16.5. The first-order valence-electron chi connectivity index (χ1n) is 21.4. The molecule has 17 nitrogen and oxygen atoms in total. The van der Waals surface area contributed by atoms with Crippen LogP contribution in [0.5, 0.6) is 5.75 Å². The van der Waals surface area contributed by atoms with Gasteiger partial charge >= 0.3 is 0 Å². The van der Waals surface area contributed by atoms with Gasteiger partial charge < -0.3 is 35.0 Å². The van der Waals surface area contributed by atoms with Gasteiger partial charge in [-0.3, -0.25) is 39.1 Å². The fourth-order valence-electron chi connectivity index (χ4n) is 8.12. The van der Waals surface area contributed by atoms with Gasteiger partial charge in [-0.15, -0.1) is 0 Å². The van der Waals surface area contributed by atoms with E-state index in [1.165, 1.54) is 29.2 Å². The van der Waals surface area contributed by atoms with E-state index in [2.05, 4.69) is 46.6 Å². The molecule has 346 valence electrons. The maximum Gasteiger partial charge on any atom is 0.264 e. The highest BCUT2D eigenvalue weighted by Gasteiger charge is 2.45. The highest BCUT2D eigenvalue weighted by atomic mass is 35.5. The predicted molar refractivity (Wildman–Crippen MR) is 239 cm³/mol. The number of ether oxygens (including phenoxy) is 2. The molecule has 65 heavy (non-hydrogen) atoms. The smallest absolute Gasteiger partial charge is 0.264 e. The van der Waals surface area contributed by atoms with Gasteiger partial charge in [-0.25, -0.2) is 13.8 Å². The standard InChI is InChI=1S/C45H52ClF2N9O8/c1-45(2,3)56-18-16-55(17-19-56)40-27-25-28(46)36(37-29(47)8-6-10-32(37)58)38(48)39(27)52-44(53-40)50-14-13-34(60)54(4)20-22-65-24-23-64-21-15-49-30-9-5-7-26-35(30)43(63)57(42(26)62)31-11-12-33(59)51-41(31)61/h5-10,25,31,49,58H,11-24H2,1-4H3,(H,50,52,53)(H,51,59,61). The number of phenols is 1. The molecular formula is C45H52ClF2N9O8. The van der Waals surface area contributed by atoms with Crippen LogP contribution in [0.15, 0.2) is 42.5 Å². The van der Waals surface area contributed by atoms with E-state index in [9.17, 15) is 33.5 Å². The van der Waals surface area contributed by atoms with Gasteiger partial charge in [0, 0.05) is 87.9 Å². The monoisotopic (exact) mass is 919 g/mol. The van der Waals surface area contributed by atoms with Gasteiger partial charge in [0.25, 0.3) is 11.8 Å². The normalized spacial score (nSPS) is 16.9. The molecule has 1 unspecified atom stereocenters. The van der Waals surface area contributed by atoms with Crippen molar-refractivity contribution >= 4 is 69.5 Å². The fourth-order valence-corrected chi connectivity index (χ4v) is 8.41. The number of rotatable bonds is 17. The number of piperazine rings is 1. The molecule has 0 bridgehead atoms. The van der Waals surface area contributed by atoms with Crippen LogP contribution in [0.3, 0.4) is 0 Å². The molecule has 4 heterocycles. The molecule has 2 fully saturated rings. The molecule has 1 aromatic heterocycles. The molecule has 0 radical (unpaired) electrons. The van der Waals surface area contributed by atoms with Crippen LogP contribution in [0.2, 0.25) is 5.02 Å². The number of piperidine rings is 1. The summed E-state index contributed by atoms with van der Waals surface area (Å²) in [5.41, 5.74) is -0.0981. The summed E-state index contributed by atoms with van der Waals surface area (Å²) in [6.07, 6.45) is 0.160. The maximum absolute atomic E-state index is 16.5. The van der Waals surface area contributed by atoms with Crippen LogP contribution in [0.4, 0.5) is 26.2 Å². The van der Waals surface area contributed by atoms with Crippen molar-refractivity contribution in [1.82, 2.24) is 30.0 Å². The van der Waals surface area contributed by atoms with Crippen LogP contribution < -0.4 is 20.9 Å². The molecule has 7 rings (SSSR count).